The zero-order chi connectivity index (χ0) is 15.9. The van der Waals surface area contributed by atoms with E-state index in [1.54, 1.807) is 24.5 Å². The lowest BCUT2D eigenvalue weighted by Gasteiger charge is -2.13. The standard InChI is InChI=1S/C17H20ClN3O/c1-3-12(2)21-15-8-14(9-19-11-15)17(22)20-10-13-6-4-5-7-16(13)18/h4-9,11-12,21H,3,10H2,1-2H3,(H,20,22). The molecule has 5 heteroatoms. The molecule has 4 nitrogen and oxygen atoms in total. The van der Waals surface area contributed by atoms with Gasteiger partial charge in [0, 0.05) is 30.0 Å². The van der Waals surface area contributed by atoms with E-state index in [1.807, 2.05) is 18.2 Å². The van der Waals surface area contributed by atoms with Gasteiger partial charge in [0.15, 0.2) is 0 Å². The van der Waals surface area contributed by atoms with Crippen LogP contribution in [0.1, 0.15) is 36.2 Å². The summed E-state index contributed by atoms with van der Waals surface area (Å²) in [6, 6.07) is 9.60. The number of anilines is 1. The van der Waals surface area contributed by atoms with Gasteiger partial charge in [-0.15, -0.1) is 0 Å². The molecule has 1 aromatic heterocycles. The van der Waals surface area contributed by atoms with Gasteiger partial charge in [-0.25, -0.2) is 0 Å². The van der Waals surface area contributed by atoms with Crippen LogP contribution in [-0.4, -0.2) is 16.9 Å². The van der Waals surface area contributed by atoms with Gasteiger partial charge in [0.1, 0.15) is 0 Å². The number of hydrogen-bond donors (Lipinski definition) is 2. The third-order valence-corrected chi connectivity index (χ3v) is 3.79. The summed E-state index contributed by atoms with van der Waals surface area (Å²) in [5, 5.41) is 6.81. The number of hydrogen-bond acceptors (Lipinski definition) is 3. The van der Waals surface area contributed by atoms with Gasteiger partial charge in [-0.05, 0) is 31.0 Å². The van der Waals surface area contributed by atoms with Crippen molar-refractivity contribution in [1.82, 2.24) is 10.3 Å². The molecule has 2 aromatic rings. The normalized spacial score (nSPS) is 11.8. The Labute approximate surface area is 135 Å². The summed E-state index contributed by atoms with van der Waals surface area (Å²) < 4.78 is 0. The van der Waals surface area contributed by atoms with Gasteiger partial charge >= 0.3 is 0 Å². The van der Waals surface area contributed by atoms with Crippen LogP contribution in [0.15, 0.2) is 42.7 Å². The lowest BCUT2D eigenvalue weighted by atomic mass is 10.2. The number of aromatic nitrogens is 1. The summed E-state index contributed by atoms with van der Waals surface area (Å²) in [5.74, 6) is -0.166. The largest absolute Gasteiger partial charge is 0.381 e. The van der Waals surface area contributed by atoms with Crippen LogP contribution in [0.2, 0.25) is 5.02 Å². The molecule has 1 heterocycles. The van der Waals surface area contributed by atoms with E-state index >= 15 is 0 Å². The molecule has 0 aliphatic rings. The van der Waals surface area contributed by atoms with Crippen LogP contribution in [0.25, 0.3) is 0 Å². The molecule has 2 N–H and O–H groups in total. The van der Waals surface area contributed by atoms with E-state index in [0.717, 1.165) is 17.7 Å². The first-order valence-electron chi connectivity index (χ1n) is 7.33. The number of halogens is 1. The van der Waals surface area contributed by atoms with E-state index in [1.165, 1.54) is 0 Å². The van der Waals surface area contributed by atoms with Crippen molar-refractivity contribution >= 4 is 23.2 Å². The Kier molecular flexibility index (Phi) is 5.78. The van der Waals surface area contributed by atoms with Gasteiger partial charge in [0.2, 0.25) is 0 Å². The van der Waals surface area contributed by atoms with Crippen molar-refractivity contribution < 1.29 is 4.79 Å². The maximum Gasteiger partial charge on any atom is 0.253 e. The molecule has 0 saturated carbocycles. The number of carbonyl (C=O) groups is 1. The van der Waals surface area contributed by atoms with Gasteiger partial charge in [-0.1, -0.05) is 36.7 Å². The fraction of sp³-hybridized carbons (Fsp3) is 0.294. The molecule has 0 aliphatic carbocycles. The van der Waals surface area contributed by atoms with Gasteiger partial charge in [-0.2, -0.15) is 0 Å². The van der Waals surface area contributed by atoms with Crippen molar-refractivity contribution in [3.8, 4) is 0 Å². The number of rotatable bonds is 6. The van der Waals surface area contributed by atoms with Crippen molar-refractivity contribution in [2.75, 3.05) is 5.32 Å². The topological polar surface area (TPSA) is 54.0 Å². The molecule has 1 unspecified atom stereocenters. The second kappa shape index (κ2) is 7.80. The highest BCUT2D eigenvalue weighted by Gasteiger charge is 2.08. The van der Waals surface area contributed by atoms with Gasteiger partial charge in [0.05, 0.1) is 11.3 Å². The summed E-state index contributed by atoms with van der Waals surface area (Å²) in [5.41, 5.74) is 2.26. The minimum absolute atomic E-state index is 0.166. The number of amides is 1. The van der Waals surface area contributed by atoms with Crippen LogP contribution in [0, 0.1) is 0 Å². The Morgan fingerprint density at radius 1 is 1.32 bits per heavy atom. The van der Waals surface area contributed by atoms with E-state index < -0.39 is 0 Å². The fourth-order valence-electron chi connectivity index (χ4n) is 1.95. The molecule has 22 heavy (non-hydrogen) atoms. The molecule has 1 atom stereocenters. The lowest BCUT2D eigenvalue weighted by molar-refractivity contribution is 0.0950. The van der Waals surface area contributed by atoms with Crippen molar-refractivity contribution in [2.24, 2.45) is 0 Å². The highest BCUT2D eigenvalue weighted by atomic mass is 35.5. The van der Waals surface area contributed by atoms with Crippen molar-refractivity contribution in [3.05, 3.63) is 58.9 Å². The number of nitrogens with zero attached hydrogens (tertiary/aromatic N) is 1. The molecule has 0 bridgehead atoms. The molecule has 116 valence electrons. The molecule has 1 aromatic carbocycles. The van der Waals surface area contributed by atoms with Crippen LogP contribution in [0.5, 0.6) is 0 Å². The lowest BCUT2D eigenvalue weighted by Crippen LogP contribution is -2.23. The summed E-state index contributed by atoms with van der Waals surface area (Å²) in [4.78, 5) is 16.3. The van der Waals surface area contributed by atoms with Crippen molar-refractivity contribution in [1.29, 1.82) is 0 Å². The van der Waals surface area contributed by atoms with E-state index in [-0.39, 0.29) is 5.91 Å². The summed E-state index contributed by atoms with van der Waals surface area (Å²) in [6.07, 6.45) is 4.28. The molecule has 0 radical (unpaired) electrons. The molecule has 0 fully saturated rings. The Bertz CT molecular complexity index is 645. The first-order valence-corrected chi connectivity index (χ1v) is 7.71. The van der Waals surface area contributed by atoms with E-state index in [0.29, 0.717) is 23.2 Å². The monoisotopic (exact) mass is 317 g/mol. The number of nitrogens with one attached hydrogen (secondary N) is 2. The summed E-state index contributed by atoms with van der Waals surface area (Å²) in [6.45, 7) is 4.58. The zero-order valence-corrected chi connectivity index (χ0v) is 13.5. The molecular formula is C17H20ClN3O. The van der Waals surface area contributed by atoms with Gasteiger partial charge in [0.25, 0.3) is 5.91 Å². The molecule has 0 aliphatic heterocycles. The summed E-state index contributed by atoms with van der Waals surface area (Å²) in [7, 11) is 0. The molecular weight excluding hydrogens is 298 g/mol. The zero-order valence-electron chi connectivity index (χ0n) is 12.8. The third kappa shape index (κ3) is 4.46. The Balaban J connectivity index is 2.00. The molecule has 2 rings (SSSR count). The number of carbonyl (C=O) groups excluding carboxylic acids is 1. The second-order valence-corrected chi connectivity index (χ2v) is 5.60. The van der Waals surface area contributed by atoms with Crippen LogP contribution in [0.4, 0.5) is 5.69 Å². The Hall–Kier alpha value is -2.07. The van der Waals surface area contributed by atoms with Crippen LogP contribution in [0.3, 0.4) is 0 Å². The van der Waals surface area contributed by atoms with Gasteiger partial charge < -0.3 is 10.6 Å². The predicted octanol–water partition coefficient (Wildman–Crippen LogP) is 3.88. The van der Waals surface area contributed by atoms with E-state index in [4.69, 9.17) is 11.6 Å². The molecule has 0 saturated heterocycles. The minimum atomic E-state index is -0.166. The average Bonchev–Trinajstić information content (AvgIpc) is 2.54. The van der Waals surface area contributed by atoms with Gasteiger partial charge in [-0.3, -0.25) is 9.78 Å². The van der Waals surface area contributed by atoms with Crippen molar-refractivity contribution in [2.45, 2.75) is 32.9 Å². The smallest absolute Gasteiger partial charge is 0.253 e. The SMILES string of the molecule is CCC(C)Nc1cncc(C(=O)NCc2ccccc2Cl)c1. The van der Waals surface area contributed by atoms with Crippen LogP contribution in [-0.2, 0) is 6.54 Å². The highest BCUT2D eigenvalue weighted by molar-refractivity contribution is 6.31. The molecule has 0 spiro atoms. The number of benzene rings is 1. The maximum atomic E-state index is 12.2. The first kappa shape index (κ1) is 16.3. The van der Waals surface area contributed by atoms with E-state index in [9.17, 15) is 4.79 Å². The van der Waals surface area contributed by atoms with Crippen LogP contribution < -0.4 is 10.6 Å². The first-order chi connectivity index (χ1) is 10.6. The quantitative estimate of drug-likeness (QED) is 0.850. The third-order valence-electron chi connectivity index (χ3n) is 3.42. The number of pyridine rings is 1. The Morgan fingerprint density at radius 3 is 2.82 bits per heavy atom. The second-order valence-electron chi connectivity index (χ2n) is 5.19. The average molecular weight is 318 g/mol. The van der Waals surface area contributed by atoms with Crippen LogP contribution >= 0.6 is 11.6 Å². The fourth-order valence-corrected chi connectivity index (χ4v) is 2.15. The molecule has 1 amide bonds. The summed E-state index contributed by atoms with van der Waals surface area (Å²) >= 11 is 6.08. The predicted molar refractivity (Wildman–Crippen MR) is 90.2 cm³/mol. The Morgan fingerprint density at radius 2 is 2.09 bits per heavy atom. The minimum Gasteiger partial charge on any atom is -0.381 e. The van der Waals surface area contributed by atoms with E-state index in [2.05, 4.69) is 29.5 Å². The highest BCUT2D eigenvalue weighted by Crippen LogP contribution is 2.15. The maximum absolute atomic E-state index is 12.2. The van der Waals surface area contributed by atoms with Crippen molar-refractivity contribution in [3.63, 3.8) is 0 Å².